The summed E-state index contributed by atoms with van der Waals surface area (Å²) in [6.45, 7) is 6.68. The molecule has 17 nitrogen and oxygen atoms in total. The third-order valence-corrected chi connectivity index (χ3v) is 13.3. The molecule has 0 spiro atoms. The van der Waals surface area contributed by atoms with E-state index in [0.717, 1.165) is 27.3 Å². The van der Waals surface area contributed by atoms with E-state index in [4.69, 9.17) is 30.5 Å². The van der Waals surface area contributed by atoms with Crippen molar-refractivity contribution in [3.8, 4) is 5.75 Å². The Morgan fingerprint density at radius 3 is 1.77 bits per heavy atom. The van der Waals surface area contributed by atoms with Crippen LogP contribution in [0.1, 0.15) is 44.5 Å². The normalized spacial score (nSPS) is 16.7. The van der Waals surface area contributed by atoms with Crippen LogP contribution in [-0.2, 0) is 66.2 Å². The molecule has 4 aromatic heterocycles. The molecule has 9 rings (SSSR count). The third-order valence-electron chi connectivity index (χ3n) is 11.4. The van der Waals surface area contributed by atoms with E-state index in [1.165, 1.54) is 15.9 Å². The molecule has 1 aromatic carbocycles. The number of ether oxygens (including phenoxy) is 4. The molecule has 20 heteroatoms. The van der Waals surface area contributed by atoms with Gasteiger partial charge in [0.1, 0.15) is 30.5 Å². The lowest BCUT2D eigenvalue weighted by Crippen LogP contribution is -2.54. The summed E-state index contributed by atoms with van der Waals surface area (Å²) in [5, 5.41) is 9.29. The molecular formula is C50H53ClN8O9S2. The lowest BCUT2D eigenvalue weighted by molar-refractivity contribution is -0.140. The number of pyridine rings is 2. The number of alkyl halides is 1. The molecule has 2 saturated heterocycles. The maximum absolute atomic E-state index is 12.6. The second kappa shape index (κ2) is 23.9. The topological polar surface area (TPSA) is 185 Å². The molecule has 0 aliphatic carbocycles. The minimum atomic E-state index is -0.625. The fraction of sp³-hybridized carbons (Fsp3) is 0.340. The molecule has 70 heavy (non-hydrogen) atoms. The fourth-order valence-corrected chi connectivity index (χ4v) is 8.99. The van der Waals surface area contributed by atoms with Gasteiger partial charge in [-0.05, 0) is 82.9 Å². The Hall–Kier alpha value is -6.48. The SMILES string of the molecule is CC(Cl)COC(=O)N1CC(=O)Nc2ncc(/C=C/C(=O)N3CC(OCc4cccs4)C3)cc2C1.COc1ccc(CN2CC(=O)Nc3ncc(/C=C/C(=O)N4CC(OCc5cccs5)C4)cc3C2)cc1. The van der Waals surface area contributed by atoms with Gasteiger partial charge in [0.05, 0.1) is 51.0 Å². The van der Waals surface area contributed by atoms with E-state index in [1.54, 1.807) is 83.2 Å². The first-order chi connectivity index (χ1) is 33.9. The van der Waals surface area contributed by atoms with E-state index < -0.39 is 6.09 Å². The molecule has 0 radical (unpaired) electrons. The third kappa shape index (κ3) is 14.1. The van der Waals surface area contributed by atoms with Crippen molar-refractivity contribution < 1.29 is 42.9 Å². The monoisotopic (exact) mass is 1010 g/mol. The van der Waals surface area contributed by atoms with Gasteiger partial charge in [-0.2, -0.15) is 0 Å². The summed E-state index contributed by atoms with van der Waals surface area (Å²) in [4.78, 5) is 79.8. The number of benzene rings is 1. The summed E-state index contributed by atoms with van der Waals surface area (Å²) >= 11 is 9.16. The average Bonchev–Trinajstić information content (AvgIpc) is 3.99. The van der Waals surface area contributed by atoms with E-state index >= 15 is 0 Å². The summed E-state index contributed by atoms with van der Waals surface area (Å²) in [6, 6.07) is 19.7. The van der Waals surface area contributed by atoms with Crippen molar-refractivity contribution >= 4 is 87.8 Å². The molecule has 2 fully saturated rings. The molecule has 0 bridgehead atoms. The molecule has 4 aliphatic rings. The van der Waals surface area contributed by atoms with Crippen LogP contribution in [0, 0.1) is 0 Å². The van der Waals surface area contributed by atoms with Crippen molar-refractivity contribution in [1.82, 2.24) is 29.6 Å². The minimum absolute atomic E-state index is 0.0460. The van der Waals surface area contributed by atoms with Crippen LogP contribution >= 0.6 is 34.3 Å². The Balaban J connectivity index is 0.000000189. The van der Waals surface area contributed by atoms with Crippen LogP contribution in [0.2, 0.25) is 0 Å². The predicted octanol–water partition coefficient (Wildman–Crippen LogP) is 6.65. The molecule has 2 N–H and O–H groups in total. The van der Waals surface area contributed by atoms with Crippen molar-refractivity contribution in [2.45, 2.75) is 57.4 Å². The van der Waals surface area contributed by atoms with Gasteiger partial charge in [0.2, 0.25) is 23.6 Å². The highest BCUT2D eigenvalue weighted by atomic mass is 35.5. The molecule has 8 heterocycles. The summed E-state index contributed by atoms with van der Waals surface area (Å²) in [5.41, 5.74) is 4.14. The first-order valence-electron chi connectivity index (χ1n) is 22.6. The second-order valence-corrected chi connectivity index (χ2v) is 19.8. The van der Waals surface area contributed by atoms with Crippen molar-refractivity contribution in [3.05, 3.63) is 134 Å². The maximum Gasteiger partial charge on any atom is 0.410 e. The van der Waals surface area contributed by atoms with Crippen molar-refractivity contribution in [1.29, 1.82) is 0 Å². The van der Waals surface area contributed by atoms with E-state index in [0.29, 0.717) is 75.2 Å². The first kappa shape index (κ1) is 49.9. The Kier molecular flexibility index (Phi) is 17.0. The molecule has 1 atom stereocenters. The maximum atomic E-state index is 12.6. The molecular weight excluding hydrogens is 956 g/mol. The summed E-state index contributed by atoms with van der Waals surface area (Å²) in [6.07, 6.45) is 9.24. The Bertz CT molecular complexity index is 2670. The van der Waals surface area contributed by atoms with Gasteiger partial charge >= 0.3 is 6.09 Å². The minimum Gasteiger partial charge on any atom is -0.497 e. The Labute approximate surface area is 418 Å². The van der Waals surface area contributed by atoms with Crippen molar-refractivity contribution in [2.24, 2.45) is 0 Å². The number of methoxy groups -OCH3 is 1. The van der Waals surface area contributed by atoms with Gasteiger partial charge in [-0.25, -0.2) is 14.8 Å². The quantitative estimate of drug-likeness (QED) is 0.0843. The molecule has 4 aliphatic heterocycles. The number of carbonyl (C=O) groups excluding carboxylic acids is 5. The number of thiophene rings is 2. The lowest BCUT2D eigenvalue weighted by atomic mass is 10.1. The number of aromatic nitrogens is 2. The summed E-state index contributed by atoms with van der Waals surface area (Å²) < 4.78 is 22.0. The van der Waals surface area contributed by atoms with Crippen LogP contribution in [0.5, 0.6) is 5.75 Å². The number of nitrogens with zero attached hydrogens (tertiary/aromatic N) is 6. The first-order valence-corrected chi connectivity index (χ1v) is 24.8. The van der Waals surface area contributed by atoms with Crippen LogP contribution < -0.4 is 15.4 Å². The zero-order valence-electron chi connectivity index (χ0n) is 38.7. The van der Waals surface area contributed by atoms with E-state index in [9.17, 15) is 24.0 Å². The van der Waals surface area contributed by atoms with Crippen LogP contribution in [0.4, 0.5) is 16.4 Å². The number of carbonyl (C=O) groups is 5. The van der Waals surface area contributed by atoms with Gasteiger partial charge in [0.25, 0.3) is 0 Å². The number of nitrogens with one attached hydrogen (secondary N) is 2. The van der Waals surface area contributed by atoms with E-state index in [2.05, 4.69) is 25.5 Å². The van der Waals surface area contributed by atoms with Gasteiger partial charge in [-0.15, -0.1) is 34.3 Å². The second-order valence-electron chi connectivity index (χ2n) is 17.0. The number of likely N-dealkylation sites (tertiary alicyclic amines) is 2. The van der Waals surface area contributed by atoms with Crippen LogP contribution in [-0.4, -0.2) is 130 Å². The van der Waals surface area contributed by atoms with Gasteiger partial charge < -0.3 is 39.4 Å². The fourth-order valence-electron chi connectivity index (χ4n) is 7.67. The van der Waals surface area contributed by atoms with Crippen LogP contribution in [0.25, 0.3) is 12.2 Å². The van der Waals surface area contributed by atoms with Gasteiger partial charge in [0, 0.05) is 84.7 Å². The lowest BCUT2D eigenvalue weighted by Gasteiger charge is -2.38. The summed E-state index contributed by atoms with van der Waals surface area (Å²) in [7, 11) is 1.64. The average molecular weight is 1010 g/mol. The van der Waals surface area contributed by atoms with Crippen LogP contribution in [0.3, 0.4) is 0 Å². The van der Waals surface area contributed by atoms with Gasteiger partial charge in [-0.1, -0.05) is 24.3 Å². The van der Waals surface area contributed by atoms with Crippen LogP contribution in [0.15, 0.2) is 96.0 Å². The largest absolute Gasteiger partial charge is 0.497 e. The zero-order chi connectivity index (χ0) is 49.0. The number of amides is 5. The van der Waals surface area contributed by atoms with Gasteiger partial charge in [0.15, 0.2) is 0 Å². The number of fused-ring (bicyclic) bond motifs is 2. The summed E-state index contributed by atoms with van der Waals surface area (Å²) in [5.74, 6) is 1.12. The highest BCUT2D eigenvalue weighted by molar-refractivity contribution is 7.10. The van der Waals surface area contributed by atoms with E-state index in [-0.39, 0.29) is 67.5 Å². The number of anilines is 2. The zero-order valence-corrected chi connectivity index (χ0v) is 41.1. The molecule has 0 saturated carbocycles. The number of hydrogen-bond acceptors (Lipinski definition) is 14. The number of halogens is 1. The highest BCUT2D eigenvalue weighted by Gasteiger charge is 2.32. The standard InChI is InChI=1S/C27H28N4O4S.C23H25ClN4O5S/c1-34-22-7-4-19(5-8-22)13-30-14-21-11-20(12-28-27(21)29-25(32)17-30)6-9-26(33)31-15-23(16-31)35-18-24-3-2-10-36-24;1-15(24)13-33-23(31)28-9-17-7-16(8-25-22(17)26-20(29)12-28)4-5-21(30)27-10-18(11-27)32-14-19-3-2-6-34-19/h2-12,23H,13-18H2,1H3,(H,28,29,32);2-8,15,18H,9-14H2,1H3,(H,25,26,29)/b9-6+;5-4+. The smallest absolute Gasteiger partial charge is 0.410 e. The van der Waals surface area contributed by atoms with Gasteiger partial charge in [-0.3, -0.25) is 29.0 Å². The molecule has 5 amide bonds. The van der Waals surface area contributed by atoms with E-state index in [1.807, 2.05) is 65.4 Å². The predicted molar refractivity (Wildman–Crippen MR) is 267 cm³/mol. The molecule has 5 aromatic rings. The number of rotatable bonds is 15. The number of hydrogen-bond donors (Lipinski definition) is 2. The Morgan fingerprint density at radius 1 is 0.743 bits per heavy atom. The Morgan fingerprint density at radius 2 is 1.27 bits per heavy atom. The van der Waals surface area contributed by atoms with Crippen molar-refractivity contribution in [2.75, 3.05) is 63.6 Å². The highest BCUT2D eigenvalue weighted by Crippen LogP contribution is 2.25. The van der Waals surface area contributed by atoms with Crippen molar-refractivity contribution in [3.63, 3.8) is 0 Å². The molecule has 1 unspecified atom stereocenters. The molecule has 366 valence electrons.